The fourth-order valence-corrected chi connectivity index (χ4v) is 3.39. The number of rotatable bonds is 4. The van der Waals surface area contributed by atoms with E-state index in [0.717, 1.165) is 23.6 Å². The third-order valence-corrected chi connectivity index (χ3v) is 4.76. The molecule has 3 aromatic rings. The molecule has 1 N–H and O–H groups in total. The highest BCUT2D eigenvalue weighted by molar-refractivity contribution is 5.91. The van der Waals surface area contributed by atoms with E-state index in [2.05, 4.69) is 20.4 Å². The van der Waals surface area contributed by atoms with Crippen LogP contribution in [-0.4, -0.2) is 50.2 Å². The number of amides is 1. The third-order valence-electron chi connectivity index (χ3n) is 4.76. The molecular formula is C20H22N6O. The van der Waals surface area contributed by atoms with Crippen molar-refractivity contribution >= 4 is 5.91 Å². The number of para-hydroxylation sites is 1. The Kier molecular flexibility index (Phi) is 4.93. The van der Waals surface area contributed by atoms with Crippen LogP contribution in [-0.2, 0) is 6.42 Å². The summed E-state index contributed by atoms with van der Waals surface area (Å²) in [6, 6.07) is 13.6. The molecule has 0 radical (unpaired) electrons. The summed E-state index contributed by atoms with van der Waals surface area (Å²) in [5.41, 5.74) is 1.92. The molecule has 2 aromatic heterocycles. The van der Waals surface area contributed by atoms with E-state index >= 15 is 0 Å². The van der Waals surface area contributed by atoms with Crippen molar-refractivity contribution in [3.63, 3.8) is 0 Å². The molecule has 3 heterocycles. The van der Waals surface area contributed by atoms with Crippen LogP contribution in [0.3, 0.4) is 0 Å². The standard InChI is InChI=1S/C20H22N6O/c1-2-18-23-19(24-26(18)16-8-4-3-5-9-16)20(27)25-12-11-22-14-17(25)15-7-6-10-21-13-15/h3-10,13,17,22H,2,11-12,14H2,1H3. The van der Waals surface area contributed by atoms with Gasteiger partial charge in [-0.05, 0) is 23.8 Å². The summed E-state index contributed by atoms with van der Waals surface area (Å²) in [6.07, 6.45) is 4.25. The van der Waals surface area contributed by atoms with E-state index in [0.29, 0.717) is 19.5 Å². The van der Waals surface area contributed by atoms with Crippen molar-refractivity contribution in [3.8, 4) is 5.69 Å². The Morgan fingerprint density at radius 2 is 2.07 bits per heavy atom. The first kappa shape index (κ1) is 17.4. The SMILES string of the molecule is CCc1nc(C(=O)N2CCNCC2c2cccnc2)nn1-c1ccccc1. The van der Waals surface area contributed by atoms with Crippen LogP contribution in [0.1, 0.15) is 35.0 Å². The summed E-state index contributed by atoms with van der Waals surface area (Å²) >= 11 is 0. The van der Waals surface area contributed by atoms with Crippen LogP contribution in [0.4, 0.5) is 0 Å². The van der Waals surface area contributed by atoms with Gasteiger partial charge in [-0.1, -0.05) is 31.2 Å². The van der Waals surface area contributed by atoms with Crippen LogP contribution in [0.5, 0.6) is 0 Å². The maximum atomic E-state index is 13.2. The Morgan fingerprint density at radius 3 is 2.81 bits per heavy atom. The zero-order valence-corrected chi connectivity index (χ0v) is 15.2. The number of hydrogen-bond acceptors (Lipinski definition) is 5. The van der Waals surface area contributed by atoms with E-state index in [4.69, 9.17) is 0 Å². The second-order valence-corrected chi connectivity index (χ2v) is 6.46. The number of carbonyl (C=O) groups excluding carboxylic acids is 1. The zero-order valence-electron chi connectivity index (χ0n) is 15.2. The maximum absolute atomic E-state index is 13.2. The number of aromatic nitrogens is 4. The first-order valence-electron chi connectivity index (χ1n) is 9.21. The van der Waals surface area contributed by atoms with Crippen molar-refractivity contribution in [1.29, 1.82) is 0 Å². The molecule has 0 saturated carbocycles. The van der Waals surface area contributed by atoms with Gasteiger partial charge in [0, 0.05) is 38.4 Å². The van der Waals surface area contributed by atoms with E-state index < -0.39 is 0 Å². The average molecular weight is 362 g/mol. The van der Waals surface area contributed by atoms with E-state index in [1.54, 1.807) is 10.9 Å². The molecule has 7 heteroatoms. The summed E-state index contributed by atoms with van der Waals surface area (Å²) in [5, 5.41) is 7.89. The number of benzene rings is 1. The summed E-state index contributed by atoms with van der Waals surface area (Å²) in [5.74, 6) is 0.874. The minimum absolute atomic E-state index is 0.0753. The highest BCUT2D eigenvalue weighted by atomic mass is 16.2. The van der Waals surface area contributed by atoms with E-state index in [-0.39, 0.29) is 17.8 Å². The molecule has 1 fully saturated rings. The molecule has 4 rings (SSSR count). The van der Waals surface area contributed by atoms with Gasteiger partial charge < -0.3 is 10.2 Å². The topological polar surface area (TPSA) is 75.9 Å². The van der Waals surface area contributed by atoms with Crippen molar-refractivity contribution < 1.29 is 4.79 Å². The Labute approximate surface area is 158 Å². The molecule has 7 nitrogen and oxygen atoms in total. The Bertz CT molecular complexity index is 909. The lowest BCUT2D eigenvalue weighted by Crippen LogP contribution is -2.49. The summed E-state index contributed by atoms with van der Waals surface area (Å²) in [6.45, 7) is 4.07. The maximum Gasteiger partial charge on any atom is 0.294 e. The predicted octanol–water partition coefficient (Wildman–Crippen LogP) is 2.01. The lowest BCUT2D eigenvalue weighted by molar-refractivity contribution is 0.0621. The lowest BCUT2D eigenvalue weighted by Gasteiger charge is -2.35. The fraction of sp³-hybridized carbons (Fsp3) is 0.300. The van der Waals surface area contributed by atoms with Crippen LogP contribution >= 0.6 is 0 Å². The van der Waals surface area contributed by atoms with Crippen LogP contribution in [0.2, 0.25) is 0 Å². The van der Waals surface area contributed by atoms with Crippen molar-refractivity contribution in [2.75, 3.05) is 19.6 Å². The van der Waals surface area contributed by atoms with Gasteiger partial charge in [-0.3, -0.25) is 9.78 Å². The van der Waals surface area contributed by atoms with Gasteiger partial charge >= 0.3 is 0 Å². The first-order valence-corrected chi connectivity index (χ1v) is 9.21. The van der Waals surface area contributed by atoms with Gasteiger partial charge in [-0.25, -0.2) is 9.67 Å². The Morgan fingerprint density at radius 1 is 1.22 bits per heavy atom. The molecule has 1 saturated heterocycles. The van der Waals surface area contributed by atoms with E-state index in [1.807, 2.05) is 60.5 Å². The minimum atomic E-state index is -0.144. The molecule has 1 aromatic carbocycles. The molecular weight excluding hydrogens is 340 g/mol. The quantitative estimate of drug-likeness (QED) is 0.768. The molecule has 138 valence electrons. The van der Waals surface area contributed by atoms with Gasteiger partial charge in [0.05, 0.1) is 11.7 Å². The number of carbonyl (C=O) groups is 1. The van der Waals surface area contributed by atoms with Crippen molar-refractivity contribution in [2.24, 2.45) is 0 Å². The van der Waals surface area contributed by atoms with Gasteiger partial charge in [0.2, 0.25) is 5.82 Å². The van der Waals surface area contributed by atoms with Gasteiger partial charge in [-0.2, -0.15) is 0 Å². The van der Waals surface area contributed by atoms with Crippen LogP contribution in [0, 0.1) is 0 Å². The second kappa shape index (κ2) is 7.67. The monoisotopic (exact) mass is 362 g/mol. The first-order chi connectivity index (χ1) is 13.3. The van der Waals surface area contributed by atoms with E-state index in [9.17, 15) is 4.79 Å². The van der Waals surface area contributed by atoms with Crippen molar-refractivity contribution in [2.45, 2.75) is 19.4 Å². The van der Waals surface area contributed by atoms with Gasteiger partial charge in [-0.15, -0.1) is 5.10 Å². The molecule has 1 atom stereocenters. The molecule has 0 spiro atoms. The molecule has 27 heavy (non-hydrogen) atoms. The molecule has 0 aliphatic carbocycles. The fourth-order valence-electron chi connectivity index (χ4n) is 3.39. The molecule has 1 unspecified atom stereocenters. The smallest absolute Gasteiger partial charge is 0.294 e. The highest BCUT2D eigenvalue weighted by Gasteiger charge is 2.31. The van der Waals surface area contributed by atoms with Crippen LogP contribution < -0.4 is 5.32 Å². The van der Waals surface area contributed by atoms with Crippen molar-refractivity contribution in [3.05, 3.63) is 72.1 Å². The lowest BCUT2D eigenvalue weighted by atomic mass is 10.1. The van der Waals surface area contributed by atoms with Gasteiger partial charge in [0.1, 0.15) is 5.82 Å². The normalized spacial score (nSPS) is 17.1. The number of piperazine rings is 1. The van der Waals surface area contributed by atoms with Crippen LogP contribution in [0.25, 0.3) is 5.69 Å². The Balaban J connectivity index is 1.66. The molecule has 0 bridgehead atoms. The molecule has 1 aliphatic heterocycles. The Hall–Kier alpha value is -3.06. The second-order valence-electron chi connectivity index (χ2n) is 6.46. The predicted molar refractivity (Wildman–Crippen MR) is 102 cm³/mol. The van der Waals surface area contributed by atoms with Gasteiger partial charge in [0.15, 0.2) is 0 Å². The number of pyridine rings is 1. The summed E-state index contributed by atoms with van der Waals surface area (Å²) in [4.78, 5) is 23.8. The number of nitrogens with zero attached hydrogens (tertiary/aromatic N) is 5. The molecule has 1 amide bonds. The largest absolute Gasteiger partial charge is 0.326 e. The third kappa shape index (κ3) is 3.46. The number of nitrogens with one attached hydrogen (secondary N) is 1. The van der Waals surface area contributed by atoms with Crippen LogP contribution in [0.15, 0.2) is 54.9 Å². The minimum Gasteiger partial charge on any atom is -0.326 e. The zero-order chi connectivity index (χ0) is 18.6. The average Bonchev–Trinajstić information content (AvgIpc) is 3.19. The van der Waals surface area contributed by atoms with Crippen molar-refractivity contribution in [1.82, 2.24) is 30.0 Å². The highest BCUT2D eigenvalue weighted by Crippen LogP contribution is 2.23. The van der Waals surface area contributed by atoms with Gasteiger partial charge in [0.25, 0.3) is 5.91 Å². The summed E-state index contributed by atoms with van der Waals surface area (Å²) < 4.78 is 1.76. The van der Waals surface area contributed by atoms with E-state index in [1.165, 1.54) is 0 Å². The summed E-state index contributed by atoms with van der Waals surface area (Å²) in [7, 11) is 0. The molecule has 1 aliphatic rings. The number of aryl methyl sites for hydroxylation is 1. The number of hydrogen-bond donors (Lipinski definition) is 1.